The van der Waals surface area contributed by atoms with Gasteiger partial charge in [-0.2, -0.15) is 0 Å². The predicted octanol–water partition coefficient (Wildman–Crippen LogP) is 2.57. The van der Waals surface area contributed by atoms with E-state index in [1.807, 2.05) is 30.3 Å². The molecule has 0 radical (unpaired) electrons. The number of thiazole rings is 1. The van der Waals surface area contributed by atoms with Gasteiger partial charge in [0.2, 0.25) is 17.7 Å². The van der Waals surface area contributed by atoms with Crippen LogP contribution in [0, 0.1) is 5.92 Å². The van der Waals surface area contributed by atoms with Gasteiger partial charge in [-0.1, -0.05) is 53.4 Å². The smallest absolute Gasteiger partial charge is 0.308 e. The number of benzene rings is 2. The largest absolute Gasteiger partial charge is 0.497 e. The van der Waals surface area contributed by atoms with Crippen LogP contribution in [0.15, 0.2) is 64.4 Å². The molecule has 196 valence electrons. The van der Waals surface area contributed by atoms with Crippen LogP contribution in [0.5, 0.6) is 5.75 Å². The number of aromatic nitrogens is 1. The summed E-state index contributed by atoms with van der Waals surface area (Å²) in [5.41, 5.74) is 1.33. The second kappa shape index (κ2) is 10.0. The summed E-state index contributed by atoms with van der Waals surface area (Å²) >= 11 is 2.27. The van der Waals surface area contributed by atoms with E-state index in [9.17, 15) is 19.2 Å². The molecular weight excluding hydrogens is 526 g/mol. The average molecular weight is 552 g/mol. The Kier molecular flexibility index (Phi) is 6.58. The van der Waals surface area contributed by atoms with E-state index in [0.29, 0.717) is 47.6 Å². The summed E-state index contributed by atoms with van der Waals surface area (Å²) < 4.78 is 12.1. The van der Waals surface area contributed by atoms with Gasteiger partial charge in [-0.3, -0.25) is 23.7 Å². The van der Waals surface area contributed by atoms with Crippen LogP contribution < -0.4 is 14.5 Å². The summed E-state index contributed by atoms with van der Waals surface area (Å²) in [6.07, 6.45) is 0. The minimum atomic E-state index is -0.721. The van der Waals surface area contributed by atoms with E-state index in [0.717, 1.165) is 16.9 Å². The lowest BCUT2D eigenvalue weighted by Crippen LogP contribution is -2.43. The van der Waals surface area contributed by atoms with Crippen molar-refractivity contribution in [3.05, 3.63) is 74.7 Å². The number of morpholine rings is 1. The lowest BCUT2D eigenvalue weighted by molar-refractivity contribution is -0.136. The van der Waals surface area contributed by atoms with Crippen LogP contribution in [0.1, 0.15) is 16.4 Å². The van der Waals surface area contributed by atoms with Gasteiger partial charge < -0.3 is 14.4 Å². The second-order valence-corrected chi connectivity index (χ2v) is 11.4. The summed E-state index contributed by atoms with van der Waals surface area (Å²) in [7, 11) is 1.58. The van der Waals surface area contributed by atoms with E-state index in [1.54, 1.807) is 36.3 Å². The van der Waals surface area contributed by atoms with Gasteiger partial charge in [0.15, 0.2) is 0 Å². The van der Waals surface area contributed by atoms with Crippen LogP contribution in [-0.4, -0.2) is 65.9 Å². The number of nitrogens with zero attached hydrogens (tertiary/aromatic N) is 3. The molecule has 38 heavy (non-hydrogen) atoms. The third-order valence-corrected chi connectivity index (χ3v) is 9.80. The molecule has 11 heteroatoms. The fourth-order valence-electron chi connectivity index (χ4n) is 5.31. The number of rotatable bonds is 5. The zero-order valence-corrected chi connectivity index (χ0v) is 22.2. The molecule has 3 aliphatic rings. The highest BCUT2D eigenvalue weighted by atomic mass is 32.2. The molecule has 3 atom stereocenters. The first-order valence-electron chi connectivity index (χ1n) is 12.3. The number of methoxy groups -OCH3 is 1. The van der Waals surface area contributed by atoms with Gasteiger partial charge in [0.25, 0.3) is 0 Å². The number of hydrogen-bond donors (Lipinski definition) is 0. The van der Waals surface area contributed by atoms with Crippen molar-refractivity contribution in [2.45, 2.75) is 22.7 Å². The molecule has 3 unspecified atom stereocenters. The maximum Gasteiger partial charge on any atom is 0.308 e. The molecule has 3 aromatic rings. The van der Waals surface area contributed by atoms with Gasteiger partial charge in [0.1, 0.15) is 17.5 Å². The molecule has 0 aliphatic carbocycles. The quantitative estimate of drug-likeness (QED) is 0.450. The highest BCUT2D eigenvalue weighted by Crippen LogP contribution is 2.54. The Hall–Kier alpha value is -3.41. The van der Waals surface area contributed by atoms with Crippen LogP contribution in [0.2, 0.25) is 0 Å². The number of imide groups is 1. The minimum Gasteiger partial charge on any atom is -0.497 e. The van der Waals surface area contributed by atoms with Crippen LogP contribution in [0.4, 0.5) is 5.69 Å². The number of amides is 3. The standard InChI is InChI=1S/C27H25N3O6S2/c1-35-18-9-7-16(8-10-18)20-21-22(25(33)30(24(21)32)17-5-3-2-4-6-17)37-26-23(20)38-27(34)29(26)15-19(31)28-11-13-36-14-12-28/h2-10,20-22H,11-15H2,1H3. The molecule has 1 aromatic heterocycles. The molecular formula is C27H25N3O6S2. The molecule has 2 fully saturated rings. The number of para-hydroxylation sites is 1. The van der Waals surface area contributed by atoms with E-state index in [-0.39, 0.29) is 29.1 Å². The Morgan fingerprint density at radius 3 is 2.39 bits per heavy atom. The normalized spacial score (nSPS) is 22.8. The van der Waals surface area contributed by atoms with Crippen molar-refractivity contribution in [3.8, 4) is 5.75 Å². The Balaban J connectivity index is 1.43. The first-order valence-corrected chi connectivity index (χ1v) is 14.0. The summed E-state index contributed by atoms with van der Waals surface area (Å²) in [5.74, 6) is -1.30. The predicted molar refractivity (Wildman–Crippen MR) is 143 cm³/mol. The number of hydrogen-bond acceptors (Lipinski definition) is 8. The molecule has 3 aliphatic heterocycles. The molecule has 3 amide bonds. The average Bonchev–Trinajstić information content (AvgIpc) is 3.40. The molecule has 6 rings (SSSR count). The van der Waals surface area contributed by atoms with E-state index < -0.39 is 17.1 Å². The van der Waals surface area contributed by atoms with Crippen molar-refractivity contribution in [2.75, 3.05) is 38.3 Å². The van der Waals surface area contributed by atoms with Gasteiger partial charge >= 0.3 is 4.87 Å². The molecule has 2 aromatic carbocycles. The van der Waals surface area contributed by atoms with Gasteiger partial charge in [-0.05, 0) is 29.8 Å². The Morgan fingerprint density at radius 2 is 1.71 bits per heavy atom. The van der Waals surface area contributed by atoms with Crippen molar-refractivity contribution in [1.29, 1.82) is 0 Å². The van der Waals surface area contributed by atoms with Crippen molar-refractivity contribution in [3.63, 3.8) is 0 Å². The van der Waals surface area contributed by atoms with Crippen LogP contribution in [0.3, 0.4) is 0 Å². The number of ether oxygens (including phenoxy) is 2. The fourth-order valence-corrected chi connectivity index (χ4v) is 8.08. The van der Waals surface area contributed by atoms with Crippen molar-refractivity contribution >= 4 is 46.5 Å². The van der Waals surface area contributed by atoms with Gasteiger partial charge in [0.05, 0.1) is 37.0 Å². The number of thioether (sulfide) groups is 1. The van der Waals surface area contributed by atoms with Crippen LogP contribution >= 0.6 is 23.1 Å². The first kappa shape index (κ1) is 24.9. The minimum absolute atomic E-state index is 0.116. The maximum absolute atomic E-state index is 13.9. The molecule has 9 nitrogen and oxygen atoms in total. The number of carbonyl (C=O) groups is 3. The third kappa shape index (κ3) is 4.14. The van der Waals surface area contributed by atoms with Crippen LogP contribution in [-0.2, 0) is 25.7 Å². The summed E-state index contributed by atoms with van der Waals surface area (Å²) in [4.78, 5) is 57.3. The number of fused-ring (bicyclic) bond motifs is 2. The van der Waals surface area contributed by atoms with E-state index in [2.05, 4.69) is 0 Å². The van der Waals surface area contributed by atoms with Crippen LogP contribution in [0.25, 0.3) is 0 Å². The number of carbonyl (C=O) groups excluding carboxylic acids is 3. The topological polar surface area (TPSA) is 98.2 Å². The molecule has 0 bridgehead atoms. The molecule has 0 N–H and O–H groups in total. The molecule has 2 saturated heterocycles. The second-order valence-electron chi connectivity index (χ2n) is 9.28. The number of anilines is 1. The van der Waals surface area contributed by atoms with E-state index in [1.165, 1.54) is 21.2 Å². The van der Waals surface area contributed by atoms with Crippen molar-refractivity contribution in [1.82, 2.24) is 9.47 Å². The summed E-state index contributed by atoms with van der Waals surface area (Å²) in [6.45, 7) is 1.77. The Bertz CT molecular complexity index is 1450. The molecule has 4 heterocycles. The SMILES string of the molecule is COc1ccc(C2c3sc(=O)n(CC(=O)N4CCOCC4)c3SC3C(=O)N(c4ccccc4)C(=O)C32)cc1. The van der Waals surface area contributed by atoms with Gasteiger partial charge in [0, 0.05) is 23.9 Å². The third-order valence-electron chi connectivity index (χ3n) is 7.20. The van der Waals surface area contributed by atoms with Crippen molar-refractivity contribution in [2.24, 2.45) is 5.92 Å². The highest BCUT2D eigenvalue weighted by Gasteiger charge is 2.56. The van der Waals surface area contributed by atoms with Gasteiger partial charge in [-0.25, -0.2) is 4.90 Å². The maximum atomic E-state index is 13.9. The zero-order chi connectivity index (χ0) is 26.4. The van der Waals surface area contributed by atoms with Gasteiger partial charge in [-0.15, -0.1) is 0 Å². The fraction of sp³-hybridized carbons (Fsp3) is 0.333. The summed E-state index contributed by atoms with van der Waals surface area (Å²) in [5, 5.41) is -0.138. The van der Waals surface area contributed by atoms with E-state index in [4.69, 9.17) is 9.47 Å². The van der Waals surface area contributed by atoms with E-state index >= 15 is 0 Å². The van der Waals surface area contributed by atoms with Crippen molar-refractivity contribution < 1.29 is 23.9 Å². The molecule has 0 spiro atoms. The molecule has 0 saturated carbocycles. The Morgan fingerprint density at radius 1 is 1.00 bits per heavy atom. The zero-order valence-electron chi connectivity index (χ0n) is 20.6. The lowest BCUT2D eigenvalue weighted by Gasteiger charge is -2.31. The first-order chi connectivity index (χ1) is 18.5. The Labute approximate surface area is 226 Å². The lowest BCUT2D eigenvalue weighted by atomic mass is 9.83. The highest BCUT2D eigenvalue weighted by molar-refractivity contribution is 8.00. The monoisotopic (exact) mass is 551 g/mol. The summed E-state index contributed by atoms with van der Waals surface area (Å²) in [6, 6.07) is 16.3.